The standard InChI is InChI=1S/C12H21N3O2/c1-4-16-11-10(13)12(15-8-14-11)17-7-5-6-9(2)3/h8-9H,4-7,13H2,1-3H3. The van der Waals surface area contributed by atoms with E-state index in [4.69, 9.17) is 15.2 Å². The first kappa shape index (κ1) is 13.5. The van der Waals surface area contributed by atoms with Gasteiger partial charge in [0, 0.05) is 0 Å². The topological polar surface area (TPSA) is 70.3 Å². The van der Waals surface area contributed by atoms with Crippen LogP contribution in [0.5, 0.6) is 11.8 Å². The molecular formula is C12H21N3O2. The Labute approximate surface area is 102 Å². The van der Waals surface area contributed by atoms with Crippen LogP contribution >= 0.6 is 0 Å². The number of hydrogen-bond acceptors (Lipinski definition) is 5. The van der Waals surface area contributed by atoms with Gasteiger partial charge in [-0.1, -0.05) is 13.8 Å². The normalized spacial score (nSPS) is 10.6. The molecule has 0 aromatic carbocycles. The van der Waals surface area contributed by atoms with Gasteiger partial charge in [0.25, 0.3) is 0 Å². The third-order valence-corrected chi connectivity index (χ3v) is 2.26. The maximum Gasteiger partial charge on any atom is 0.244 e. The van der Waals surface area contributed by atoms with Crippen LogP contribution in [0.4, 0.5) is 5.69 Å². The van der Waals surface area contributed by atoms with Crippen molar-refractivity contribution in [2.75, 3.05) is 18.9 Å². The molecule has 0 spiro atoms. The van der Waals surface area contributed by atoms with Crippen molar-refractivity contribution in [2.24, 2.45) is 5.92 Å². The number of aromatic nitrogens is 2. The third-order valence-electron chi connectivity index (χ3n) is 2.26. The summed E-state index contributed by atoms with van der Waals surface area (Å²) in [6, 6.07) is 0. The molecule has 5 heteroatoms. The molecule has 1 heterocycles. The van der Waals surface area contributed by atoms with Gasteiger partial charge in [-0.25, -0.2) is 0 Å². The number of hydrogen-bond donors (Lipinski definition) is 1. The van der Waals surface area contributed by atoms with E-state index in [2.05, 4.69) is 23.8 Å². The first-order valence-corrected chi connectivity index (χ1v) is 6.01. The fourth-order valence-corrected chi connectivity index (χ4v) is 1.39. The lowest BCUT2D eigenvalue weighted by Gasteiger charge is -2.10. The maximum absolute atomic E-state index is 5.84. The molecule has 0 aliphatic heterocycles. The fraction of sp³-hybridized carbons (Fsp3) is 0.667. The molecular weight excluding hydrogens is 218 g/mol. The molecule has 0 aliphatic carbocycles. The number of nitrogens with zero attached hydrogens (tertiary/aromatic N) is 2. The summed E-state index contributed by atoms with van der Waals surface area (Å²) in [5, 5.41) is 0. The zero-order valence-corrected chi connectivity index (χ0v) is 10.8. The molecule has 1 rings (SSSR count). The number of nitrogen functional groups attached to an aromatic ring is 1. The second-order valence-electron chi connectivity index (χ2n) is 4.22. The van der Waals surface area contributed by atoms with E-state index in [9.17, 15) is 0 Å². The van der Waals surface area contributed by atoms with Crippen molar-refractivity contribution in [3.05, 3.63) is 6.33 Å². The molecule has 2 N–H and O–H groups in total. The van der Waals surface area contributed by atoms with Crippen molar-refractivity contribution in [1.29, 1.82) is 0 Å². The van der Waals surface area contributed by atoms with Gasteiger partial charge >= 0.3 is 0 Å². The number of nitrogens with two attached hydrogens (primary N) is 1. The average Bonchev–Trinajstić information content (AvgIpc) is 2.29. The Morgan fingerprint density at radius 3 is 2.47 bits per heavy atom. The van der Waals surface area contributed by atoms with E-state index >= 15 is 0 Å². The van der Waals surface area contributed by atoms with Crippen LogP contribution in [0.25, 0.3) is 0 Å². The lowest BCUT2D eigenvalue weighted by atomic mass is 10.1. The van der Waals surface area contributed by atoms with Gasteiger partial charge in [-0.2, -0.15) is 9.97 Å². The van der Waals surface area contributed by atoms with Crippen LogP contribution < -0.4 is 15.2 Å². The van der Waals surface area contributed by atoms with Crippen LogP contribution in [0.15, 0.2) is 6.33 Å². The minimum absolute atomic E-state index is 0.374. The van der Waals surface area contributed by atoms with E-state index < -0.39 is 0 Å². The highest BCUT2D eigenvalue weighted by molar-refractivity contribution is 5.55. The first-order valence-electron chi connectivity index (χ1n) is 6.01. The molecule has 1 aromatic rings. The van der Waals surface area contributed by atoms with E-state index in [-0.39, 0.29) is 0 Å². The molecule has 5 nitrogen and oxygen atoms in total. The summed E-state index contributed by atoms with van der Waals surface area (Å²) >= 11 is 0. The third kappa shape index (κ3) is 4.46. The summed E-state index contributed by atoms with van der Waals surface area (Å²) in [6.07, 6.45) is 3.52. The van der Waals surface area contributed by atoms with Crippen molar-refractivity contribution < 1.29 is 9.47 Å². The molecule has 17 heavy (non-hydrogen) atoms. The Morgan fingerprint density at radius 2 is 1.88 bits per heavy atom. The summed E-state index contributed by atoms with van der Waals surface area (Å²) < 4.78 is 10.8. The van der Waals surface area contributed by atoms with E-state index in [1.165, 1.54) is 6.33 Å². The minimum Gasteiger partial charge on any atom is -0.476 e. The Morgan fingerprint density at radius 1 is 1.24 bits per heavy atom. The SMILES string of the molecule is CCOc1ncnc(OCCCC(C)C)c1N. The van der Waals surface area contributed by atoms with Crippen LogP contribution in [0, 0.1) is 5.92 Å². The van der Waals surface area contributed by atoms with Gasteiger partial charge in [-0.15, -0.1) is 0 Å². The predicted molar refractivity (Wildman–Crippen MR) is 67.2 cm³/mol. The predicted octanol–water partition coefficient (Wildman–Crippen LogP) is 2.27. The van der Waals surface area contributed by atoms with Crippen LogP contribution in [-0.2, 0) is 0 Å². The molecule has 0 aliphatic rings. The lowest BCUT2D eigenvalue weighted by molar-refractivity contribution is 0.282. The van der Waals surface area contributed by atoms with E-state index in [0.29, 0.717) is 36.6 Å². The monoisotopic (exact) mass is 239 g/mol. The second-order valence-corrected chi connectivity index (χ2v) is 4.22. The molecule has 0 saturated heterocycles. The number of anilines is 1. The highest BCUT2D eigenvalue weighted by Crippen LogP contribution is 2.26. The van der Waals surface area contributed by atoms with Crippen LogP contribution in [-0.4, -0.2) is 23.2 Å². The summed E-state index contributed by atoms with van der Waals surface area (Å²) in [7, 11) is 0. The first-order chi connectivity index (χ1) is 8.15. The van der Waals surface area contributed by atoms with E-state index in [1.807, 2.05) is 6.92 Å². The van der Waals surface area contributed by atoms with Crippen LogP contribution in [0.3, 0.4) is 0 Å². The van der Waals surface area contributed by atoms with Crippen molar-refractivity contribution in [2.45, 2.75) is 33.6 Å². The second kappa shape index (κ2) is 6.93. The Balaban J connectivity index is 2.50. The Hall–Kier alpha value is -1.52. The Kier molecular flexibility index (Phi) is 5.52. The average molecular weight is 239 g/mol. The largest absolute Gasteiger partial charge is 0.476 e. The summed E-state index contributed by atoms with van der Waals surface area (Å²) in [5.74, 6) is 1.48. The fourth-order valence-electron chi connectivity index (χ4n) is 1.39. The van der Waals surface area contributed by atoms with Crippen LogP contribution in [0.2, 0.25) is 0 Å². The maximum atomic E-state index is 5.84. The van der Waals surface area contributed by atoms with E-state index in [0.717, 1.165) is 12.8 Å². The molecule has 0 saturated carbocycles. The van der Waals surface area contributed by atoms with Gasteiger partial charge in [0.15, 0.2) is 5.69 Å². The van der Waals surface area contributed by atoms with Crippen molar-refractivity contribution in [1.82, 2.24) is 9.97 Å². The molecule has 0 fully saturated rings. The Bertz CT molecular complexity index is 343. The van der Waals surface area contributed by atoms with Gasteiger partial charge in [0.2, 0.25) is 11.8 Å². The molecule has 0 amide bonds. The highest BCUT2D eigenvalue weighted by atomic mass is 16.5. The number of rotatable bonds is 7. The van der Waals surface area contributed by atoms with E-state index in [1.54, 1.807) is 0 Å². The molecule has 1 aromatic heterocycles. The summed E-state index contributed by atoms with van der Waals surface area (Å²) in [5.41, 5.74) is 6.21. The van der Waals surface area contributed by atoms with Crippen LogP contribution in [0.1, 0.15) is 33.6 Å². The summed E-state index contributed by atoms with van der Waals surface area (Å²) in [4.78, 5) is 7.95. The zero-order chi connectivity index (χ0) is 12.7. The quantitative estimate of drug-likeness (QED) is 0.739. The van der Waals surface area contributed by atoms with Gasteiger partial charge in [-0.05, 0) is 25.7 Å². The van der Waals surface area contributed by atoms with Gasteiger partial charge in [0.1, 0.15) is 6.33 Å². The molecule has 0 unspecified atom stereocenters. The zero-order valence-electron chi connectivity index (χ0n) is 10.8. The van der Waals surface area contributed by atoms with Crippen molar-refractivity contribution in [3.8, 4) is 11.8 Å². The van der Waals surface area contributed by atoms with Gasteiger partial charge < -0.3 is 15.2 Å². The molecule has 0 radical (unpaired) electrons. The van der Waals surface area contributed by atoms with Crippen molar-refractivity contribution in [3.63, 3.8) is 0 Å². The molecule has 96 valence electrons. The summed E-state index contributed by atoms with van der Waals surface area (Å²) in [6.45, 7) is 7.39. The molecule has 0 atom stereocenters. The van der Waals surface area contributed by atoms with Gasteiger partial charge in [0.05, 0.1) is 13.2 Å². The number of ether oxygens (including phenoxy) is 2. The highest BCUT2D eigenvalue weighted by Gasteiger charge is 2.09. The van der Waals surface area contributed by atoms with Gasteiger partial charge in [-0.3, -0.25) is 0 Å². The minimum atomic E-state index is 0.374. The van der Waals surface area contributed by atoms with Crippen molar-refractivity contribution >= 4 is 5.69 Å². The molecule has 0 bridgehead atoms. The lowest BCUT2D eigenvalue weighted by Crippen LogP contribution is -2.06. The smallest absolute Gasteiger partial charge is 0.244 e.